The van der Waals surface area contributed by atoms with Gasteiger partial charge in [0.05, 0.1) is 0 Å². The van der Waals surface area contributed by atoms with E-state index >= 15 is 0 Å². The molecular weight excluding hydrogens is 200 g/mol. The fraction of sp³-hybridized carbons (Fsp3) is 0.615. The minimum absolute atomic E-state index is 0.408. The molecule has 0 spiro atoms. The first-order valence-electron chi connectivity index (χ1n) is 6.07. The number of rotatable bonds is 5. The molecule has 3 heteroatoms. The summed E-state index contributed by atoms with van der Waals surface area (Å²) in [6.45, 7) is 5.16. The van der Waals surface area contributed by atoms with Crippen LogP contribution in [0.2, 0.25) is 0 Å². The summed E-state index contributed by atoms with van der Waals surface area (Å²) in [5.41, 5.74) is 1.30. The van der Waals surface area contributed by atoms with Gasteiger partial charge in [-0.1, -0.05) is 0 Å². The minimum atomic E-state index is 0.408. The second-order valence-electron chi connectivity index (χ2n) is 4.47. The zero-order chi connectivity index (χ0) is 11.2. The SMILES string of the molecule is CC(NCCC1CCOC1)c1ccncc1. The van der Waals surface area contributed by atoms with Gasteiger partial charge >= 0.3 is 0 Å². The van der Waals surface area contributed by atoms with Crippen molar-refractivity contribution in [2.24, 2.45) is 5.92 Å². The van der Waals surface area contributed by atoms with Crippen LogP contribution < -0.4 is 5.32 Å². The van der Waals surface area contributed by atoms with Gasteiger partial charge in [0.1, 0.15) is 0 Å². The van der Waals surface area contributed by atoms with Crippen LogP contribution in [0.3, 0.4) is 0 Å². The van der Waals surface area contributed by atoms with Crippen molar-refractivity contribution in [1.82, 2.24) is 10.3 Å². The van der Waals surface area contributed by atoms with Gasteiger partial charge in [0.25, 0.3) is 0 Å². The predicted octanol–water partition coefficient (Wildman–Crippen LogP) is 2.16. The lowest BCUT2D eigenvalue weighted by molar-refractivity contribution is 0.184. The van der Waals surface area contributed by atoms with Crippen LogP contribution in [0.25, 0.3) is 0 Å². The van der Waals surface area contributed by atoms with Gasteiger partial charge < -0.3 is 10.1 Å². The van der Waals surface area contributed by atoms with E-state index < -0.39 is 0 Å². The summed E-state index contributed by atoms with van der Waals surface area (Å²) in [6, 6.07) is 4.54. The van der Waals surface area contributed by atoms with Gasteiger partial charge in [-0.25, -0.2) is 0 Å². The molecule has 3 nitrogen and oxygen atoms in total. The summed E-state index contributed by atoms with van der Waals surface area (Å²) < 4.78 is 5.36. The fourth-order valence-electron chi connectivity index (χ4n) is 2.08. The maximum Gasteiger partial charge on any atom is 0.0495 e. The summed E-state index contributed by atoms with van der Waals surface area (Å²) >= 11 is 0. The molecule has 88 valence electrons. The molecule has 0 amide bonds. The van der Waals surface area contributed by atoms with Gasteiger partial charge in [-0.15, -0.1) is 0 Å². The van der Waals surface area contributed by atoms with Gasteiger partial charge in [0.2, 0.25) is 0 Å². The monoisotopic (exact) mass is 220 g/mol. The van der Waals surface area contributed by atoms with Crippen molar-refractivity contribution in [3.8, 4) is 0 Å². The first kappa shape index (κ1) is 11.6. The van der Waals surface area contributed by atoms with E-state index in [1.165, 1.54) is 18.4 Å². The Bertz CT molecular complexity index is 296. The highest BCUT2D eigenvalue weighted by Gasteiger charge is 2.15. The number of pyridine rings is 1. The number of aromatic nitrogens is 1. The molecule has 0 aromatic carbocycles. The second-order valence-corrected chi connectivity index (χ2v) is 4.47. The Morgan fingerprint density at radius 3 is 3.00 bits per heavy atom. The third kappa shape index (κ3) is 3.29. The van der Waals surface area contributed by atoms with E-state index in [0.29, 0.717) is 6.04 Å². The summed E-state index contributed by atoms with van der Waals surface area (Å²) in [7, 11) is 0. The molecule has 2 unspecified atom stereocenters. The largest absolute Gasteiger partial charge is 0.381 e. The Kier molecular flexibility index (Phi) is 4.31. The van der Waals surface area contributed by atoms with Crippen LogP contribution in [0.4, 0.5) is 0 Å². The van der Waals surface area contributed by atoms with Gasteiger partial charge in [0.15, 0.2) is 0 Å². The van der Waals surface area contributed by atoms with Gasteiger partial charge in [-0.05, 0) is 49.9 Å². The molecule has 2 rings (SSSR count). The van der Waals surface area contributed by atoms with Crippen LogP contribution in [-0.4, -0.2) is 24.7 Å². The van der Waals surface area contributed by atoms with Crippen molar-refractivity contribution in [3.63, 3.8) is 0 Å². The molecule has 1 aliphatic heterocycles. The van der Waals surface area contributed by atoms with E-state index in [0.717, 1.165) is 25.7 Å². The van der Waals surface area contributed by atoms with Gasteiger partial charge in [0, 0.05) is 31.6 Å². The molecular formula is C13H20N2O. The van der Waals surface area contributed by atoms with Crippen molar-refractivity contribution in [3.05, 3.63) is 30.1 Å². The van der Waals surface area contributed by atoms with E-state index in [1.54, 1.807) is 0 Å². The number of nitrogens with zero attached hydrogens (tertiary/aromatic N) is 1. The lowest BCUT2D eigenvalue weighted by Gasteiger charge is -2.15. The third-order valence-corrected chi connectivity index (χ3v) is 3.23. The summed E-state index contributed by atoms with van der Waals surface area (Å²) in [4.78, 5) is 4.03. The Morgan fingerprint density at radius 2 is 2.31 bits per heavy atom. The molecule has 1 N–H and O–H groups in total. The highest BCUT2D eigenvalue weighted by molar-refractivity contribution is 5.13. The first-order valence-corrected chi connectivity index (χ1v) is 6.07. The summed E-state index contributed by atoms with van der Waals surface area (Å²) in [5, 5.41) is 3.54. The quantitative estimate of drug-likeness (QED) is 0.825. The van der Waals surface area contributed by atoms with Crippen molar-refractivity contribution < 1.29 is 4.74 Å². The molecule has 16 heavy (non-hydrogen) atoms. The third-order valence-electron chi connectivity index (χ3n) is 3.23. The zero-order valence-corrected chi connectivity index (χ0v) is 9.86. The zero-order valence-electron chi connectivity index (χ0n) is 9.86. The first-order chi connectivity index (χ1) is 7.86. The van der Waals surface area contributed by atoms with E-state index in [2.05, 4.69) is 29.4 Å². The van der Waals surface area contributed by atoms with Gasteiger partial charge in [-0.2, -0.15) is 0 Å². The van der Waals surface area contributed by atoms with Crippen molar-refractivity contribution in [1.29, 1.82) is 0 Å². The average Bonchev–Trinajstić information content (AvgIpc) is 2.83. The smallest absolute Gasteiger partial charge is 0.0495 e. The summed E-state index contributed by atoms with van der Waals surface area (Å²) in [5.74, 6) is 0.761. The maximum absolute atomic E-state index is 5.36. The van der Waals surface area contributed by atoms with Crippen LogP contribution in [0.1, 0.15) is 31.4 Å². The van der Waals surface area contributed by atoms with Crippen LogP contribution in [0.5, 0.6) is 0 Å². The van der Waals surface area contributed by atoms with Crippen molar-refractivity contribution in [2.75, 3.05) is 19.8 Å². The minimum Gasteiger partial charge on any atom is -0.381 e. The molecule has 0 bridgehead atoms. The molecule has 2 heterocycles. The molecule has 1 fully saturated rings. The van der Waals surface area contributed by atoms with Crippen LogP contribution >= 0.6 is 0 Å². The van der Waals surface area contributed by atoms with E-state index in [-0.39, 0.29) is 0 Å². The molecule has 0 aliphatic carbocycles. The Labute approximate surface area is 97.2 Å². The molecule has 0 saturated carbocycles. The van der Waals surface area contributed by atoms with E-state index in [4.69, 9.17) is 4.74 Å². The highest BCUT2D eigenvalue weighted by Crippen LogP contribution is 2.16. The Balaban J connectivity index is 1.69. The maximum atomic E-state index is 5.36. The molecule has 1 aromatic heterocycles. The van der Waals surface area contributed by atoms with Crippen molar-refractivity contribution in [2.45, 2.75) is 25.8 Å². The molecule has 1 aliphatic rings. The lowest BCUT2D eigenvalue weighted by atomic mass is 10.0. The standard InChI is InChI=1S/C13H20N2O/c1-11(13-3-6-14-7-4-13)15-8-2-12-5-9-16-10-12/h3-4,6-7,11-12,15H,2,5,8-10H2,1H3. The second kappa shape index (κ2) is 5.97. The molecule has 0 radical (unpaired) electrons. The normalized spacial score (nSPS) is 22.2. The number of nitrogens with one attached hydrogen (secondary N) is 1. The topological polar surface area (TPSA) is 34.1 Å². The molecule has 1 saturated heterocycles. The number of ether oxygens (including phenoxy) is 1. The lowest BCUT2D eigenvalue weighted by Crippen LogP contribution is -2.22. The van der Waals surface area contributed by atoms with Crippen molar-refractivity contribution >= 4 is 0 Å². The number of hydrogen-bond acceptors (Lipinski definition) is 3. The number of hydrogen-bond donors (Lipinski definition) is 1. The average molecular weight is 220 g/mol. The summed E-state index contributed by atoms with van der Waals surface area (Å²) in [6.07, 6.45) is 6.14. The van der Waals surface area contributed by atoms with Crippen LogP contribution in [0, 0.1) is 5.92 Å². The van der Waals surface area contributed by atoms with Crippen LogP contribution in [-0.2, 0) is 4.74 Å². The fourth-order valence-corrected chi connectivity index (χ4v) is 2.08. The molecule has 2 atom stereocenters. The van der Waals surface area contributed by atoms with Crippen LogP contribution in [0.15, 0.2) is 24.5 Å². The Morgan fingerprint density at radius 1 is 1.50 bits per heavy atom. The van der Waals surface area contributed by atoms with Gasteiger partial charge in [-0.3, -0.25) is 4.98 Å². The molecule has 1 aromatic rings. The van der Waals surface area contributed by atoms with E-state index in [1.807, 2.05) is 12.4 Å². The Hall–Kier alpha value is -0.930. The predicted molar refractivity (Wildman–Crippen MR) is 64.2 cm³/mol. The highest BCUT2D eigenvalue weighted by atomic mass is 16.5. The van der Waals surface area contributed by atoms with E-state index in [9.17, 15) is 0 Å².